The summed E-state index contributed by atoms with van der Waals surface area (Å²) in [6.07, 6.45) is 0. The van der Waals surface area contributed by atoms with E-state index in [1.54, 1.807) is 0 Å². The predicted octanol–water partition coefficient (Wildman–Crippen LogP) is 2.22. The molecule has 0 radical (unpaired) electrons. The summed E-state index contributed by atoms with van der Waals surface area (Å²) in [4.78, 5) is 2.45. The van der Waals surface area contributed by atoms with E-state index in [1.165, 1.54) is 11.3 Å². The molecule has 0 bridgehead atoms. The first kappa shape index (κ1) is 10.5. The minimum Gasteiger partial charge on any atom is -0.368 e. The zero-order chi connectivity index (χ0) is 10.8. The van der Waals surface area contributed by atoms with Crippen molar-refractivity contribution in [3.63, 3.8) is 0 Å². The number of hydrogen-bond donors (Lipinski definition) is 1. The minimum absolute atomic E-state index is 0.606. The maximum Gasteiger partial charge on any atom is 0.0418 e. The highest BCUT2D eigenvalue weighted by atomic mass is 15.2. The zero-order valence-corrected chi connectivity index (χ0v) is 9.83. The lowest BCUT2D eigenvalue weighted by Crippen LogP contribution is -2.57. The molecule has 1 aliphatic heterocycles. The fourth-order valence-electron chi connectivity index (χ4n) is 2.12. The van der Waals surface area contributed by atoms with Crippen LogP contribution in [0.4, 0.5) is 5.69 Å². The van der Waals surface area contributed by atoms with Gasteiger partial charge in [0.05, 0.1) is 0 Å². The molecule has 0 aliphatic carbocycles. The quantitative estimate of drug-likeness (QED) is 0.812. The lowest BCUT2D eigenvalue weighted by molar-refractivity contribution is 0.449. The minimum atomic E-state index is 0.606. The molecule has 2 nitrogen and oxygen atoms in total. The topological polar surface area (TPSA) is 15.3 Å². The average molecular weight is 204 g/mol. The molecule has 0 atom stereocenters. The standard InChI is InChI=1S/C13H20N2/c1-10(2)12-6-4-5-7-13(12)15-8-11(9-15)14-3/h4-7,10-11,14H,8-9H2,1-3H3. The summed E-state index contributed by atoms with van der Waals surface area (Å²) in [7, 11) is 2.04. The monoisotopic (exact) mass is 204 g/mol. The van der Waals surface area contributed by atoms with Gasteiger partial charge in [-0.3, -0.25) is 0 Å². The summed E-state index contributed by atoms with van der Waals surface area (Å²) < 4.78 is 0. The smallest absolute Gasteiger partial charge is 0.0418 e. The summed E-state index contributed by atoms with van der Waals surface area (Å²) in [5.74, 6) is 0.606. The third-order valence-electron chi connectivity index (χ3n) is 3.19. The van der Waals surface area contributed by atoms with E-state index in [1.807, 2.05) is 7.05 Å². The number of benzene rings is 1. The van der Waals surface area contributed by atoms with E-state index in [4.69, 9.17) is 0 Å². The average Bonchev–Trinajstić information content (AvgIpc) is 2.16. The van der Waals surface area contributed by atoms with Gasteiger partial charge in [0.1, 0.15) is 0 Å². The molecule has 1 aromatic carbocycles. The molecular formula is C13H20N2. The number of nitrogens with one attached hydrogen (secondary N) is 1. The predicted molar refractivity (Wildman–Crippen MR) is 65.6 cm³/mol. The molecule has 82 valence electrons. The molecule has 1 aliphatic rings. The van der Waals surface area contributed by atoms with Crippen molar-refractivity contribution in [2.24, 2.45) is 0 Å². The van der Waals surface area contributed by atoms with E-state index in [0.717, 1.165) is 13.1 Å². The number of para-hydroxylation sites is 1. The van der Waals surface area contributed by atoms with Gasteiger partial charge in [0.25, 0.3) is 0 Å². The lowest BCUT2D eigenvalue weighted by Gasteiger charge is -2.42. The molecule has 1 heterocycles. The molecule has 0 unspecified atom stereocenters. The van der Waals surface area contributed by atoms with Crippen LogP contribution in [0.5, 0.6) is 0 Å². The van der Waals surface area contributed by atoms with Gasteiger partial charge in [0.2, 0.25) is 0 Å². The van der Waals surface area contributed by atoms with Crippen molar-refractivity contribution < 1.29 is 0 Å². The van der Waals surface area contributed by atoms with Crippen LogP contribution < -0.4 is 10.2 Å². The molecule has 0 saturated carbocycles. The van der Waals surface area contributed by atoms with Gasteiger partial charge in [-0.15, -0.1) is 0 Å². The lowest BCUT2D eigenvalue weighted by atomic mass is 9.98. The van der Waals surface area contributed by atoms with Gasteiger partial charge in [-0.25, -0.2) is 0 Å². The molecule has 0 spiro atoms. The van der Waals surface area contributed by atoms with Crippen LogP contribution >= 0.6 is 0 Å². The van der Waals surface area contributed by atoms with Gasteiger partial charge in [-0.1, -0.05) is 32.0 Å². The van der Waals surface area contributed by atoms with Crippen molar-refractivity contribution in [1.29, 1.82) is 0 Å². The molecule has 2 heteroatoms. The number of rotatable bonds is 3. The van der Waals surface area contributed by atoms with Gasteiger partial charge in [-0.05, 0) is 24.6 Å². The Morgan fingerprint density at radius 3 is 2.53 bits per heavy atom. The van der Waals surface area contributed by atoms with E-state index in [2.05, 4.69) is 48.3 Å². The van der Waals surface area contributed by atoms with Crippen LogP contribution in [-0.2, 0) is 0 Å². The van der Waals surface area contributed by atoms with Gasteiger partial charge in [-0.2, -0.15) is 0 Å². The van der Waals surface area contributed by atoms with Gasteiger partial charge >= 0.3 is 0 Å². The zero-order valence-electron chi connectivity index (χ0n) is 9.83. The highest BCUT2D eigenvalue weighted by Gasteiger charge is 2.26. The molecule has 1 fully saturated rings. The van der Waals surface area contributed by atoms with Crippen LogP contribution in [-0.4, -0.2) is 26.2 Å². The summed E-state index contributed by atoms with van der Waals surface area (Å²) in [5, 5.41) is 3.31. The Morgan fingerprint density at radius 1 is 1.27 bits per heavy atom. The molecule has 15 heavy (non-hydrogen) atoms. The van der Waals surface area contributed by atoms with E-state index < -0.39 is 0 Å². The van der Waals surface area contributed by atoms with Crippen LogP contribution in [0.2, 0.25) is 0 Å². The second kappa shape index (κ2) is 4.23. The Hall–Kier alpha value is -1.02. The summed E-state index contributed by atoms with van der Waals surface area (Å²) in [5.41, 5.74) is 2.88. The first-order chi connectivity index (χ1) is 7.22. The van der Waals surface area contributed by atoms with E-state index >= 15 is 0 Å². The van der Waals surface area contributed by atoms with Crippen molar-refractivity contribution in [3.8, 4) is 0 Å². The van der Waals surface area contributed by atoms with Gasteiger partial charge in [0, 0.05) is 24.8 Å². The summed E-state index contributed by atoms with van der Waals surface area (Å²) >= 11 is 0. The molecule has 1 saturated heterocycles. The maximum absolute atomic E-state index is 3.31. The molecule has 2 rings (SSSR count). The Balaban J connectivity index is 2.15. The van der Waals surface area contributed by atoms with Crippen molar-refractivity contribution >= 4 is 5.69 Å². The third-order valence-corrected chi connectivity index (χ3v) is 3.19. The highest BCUT2D eigenvalue weighted by Crippen LogP contribution is 2.30. The summed E-state index contributed by atoms with van der Waals surface area (Å²) in [6, 6.07) is 9.42. The van der Waals surface area contributed by atoms with E-state index in [-0.39, 0.29) is 0 Å². The largest absolute Gasteiger partial charge is 0.368 e. The Kier molecular flexibility index (Phi) is 2.96. The van der Waals surface area contributed by atoms with E-state index in [0.29, 0.717) is 12.0 Å². The van der Waals surface area contributed by atoms with Crippen molar-refractivity contribution in [3.05, 3.63) is 29.8 Å². The Bertz CT molecular complexity index is 327. The Labute approximate surface area is 92.3 Å². The number of anilines is 1. The second-order valence-corrected chi connectivity index (χ2v) is 4.60. The van der Waals surface area contributed by atoms with Crippen LogP contribution in [0.3, 0.4) is 0 Å². The first-order valence-electron chi connectivity index (χ1n) is 5.73. The Morgan fingerprint density at radius 2 is 1.93 bits per heavy atom. The van der Waals surface area contributed by atoms with Crippen molar-refractivity contribution in [1.82, 2.24) is 5.32 Å². The van der Waals surface area contributed by atoms with E-state index in [9.17, 15) is 0 Å². The molecular weight excluding hydrogens is 184 g/mol. The van der Waals surface area contributed by atoms with Crippen LogP contribution in [0.15, 0.2) is 24.3 Å². The fraction of sp³-hybridized carbons (Fsp3) is 0.538. The molecule has 1 aromatic rings. The van der Waals surface area contributed by atoms with Crippen LogP contribution in [0.1, 0.15) is 25.3 Å². The SMILES string of the molecule is CNC1CN(c2ccccc2C(C)C)C1. The fourth-order valence-corrected chi connectivity index (χ4v) is 2.12. The van der Waals surface area contributed by atoms with Gasteiger partial charge < -0.3 is 10.2 Å². The third kappa shape index (κ3) is 2.00. The van der Waals surface area contributed by atoms with Gasteiger partial charge in [0.15, 0.2) is 0 Å². The number of nitrogens with zero attached hydrogens (tertiary/aromatic N) is 1. The molecule has 0 amide bonds. The van der Waals surface area contributed by atoms with Crippen LogP contribution in [0, 0.1) is 0 Å². The normalized spacial score (nSPS) is 16.9. The maximum atomic E-state index is 3.31. The summed E-state index contributed by atoms with van der Waals surface area (Å²) in [6.45, 7) is 6.79. The highest BCUT2D eigenvalue weighted by molar-refractivity contribution is 5.57. The van der Waals surface area contributed by atoms with Crippen molar-refractivity contribution in [2.45, 2.75) is 25.8 Å². The van der Waals surface area contributed by atoms with Crippen molar-refractivity contribution in [2.75, 3.05) is 25.0 Å². The number of likely N-dealkylation sites (N-methyl/N-ethyl adjacent to an activating group) is 1. The van der Waals surface area contributed by atoms with Crippen LogP contribution in [0.25, 0.3) is 0 Å². The second-order valence-electron chi connectivity index (χ2n) is 4.60. The molecule has 1 N–H and O–H groups in total. The molecule has 0 aromatic heterocycles. The first-order valence-corrected chi connectivity index (χ1v) is 5.73. The number of hydrogen-bond acceptors (Lipinski definition) is 2.